The molecule has 0 saturated heterocycles. The SMILES string of the molecule is Cc1nc(NC(=O)OC(C)(C)C)sc1C(CC(=O)O)C(F)F. The number of aryl methyl sites for hydroxylation is 1. The van der Waals surface area contributed by atoms with Crippen molar-refractivity contribution in [2.45, 2.75) is 52.1 Å². The number of halogens is 2. The molecule has 124 valence electrons. The lowest BCUT2D eigenvalue weighted by Crippen LogP contribution is -2.27. The number of aromatic nitrogens is 1. The summed E-state index contributed by atoms with van der Waals surface area (Å²) < 4.78 is 31.1. The van der Waals surface area contributed by atoms with Crippen LogP contribution in [0, 0.1) is 6.92 Å². The van der Waals surface area contributed by atoms with Gasteiger partial charge in [0.15, 0.2) is 5.13 Å². The second kappa shape index (κ2) is 6.99. The summed E-state index contributed by atoms with van der Waals surface area (Å²) in [5.74, 6) is -2.77. The van der Waals surface area contributed by atoms with Crippen LogP contribution in [0.4, 0.5) is 18.7 Å². The quantitative estimate of drug-likeness (QED) is 0.857. The van der Waals surface area contributed by atoms with Gasteiger partial charge in [-0.15, -0.1) is 11.3 Å². The summed E-state index contributed by atoms with van der Waals surface area (Å²) >= 11 is 0.826. The highest BCUT2D eigenvalue weighted by atomic mass is 32.1. The van der Waals surface area contributed by atoms with E-state index in [0.717, 1.165) is 11.3 Å². The molecule has 0 saturated carbocycles. The van der Waals surface area contributed by atoms with Gasteiger partial charge in [0.05, 0.1) is 18.0 Å². The first kappa shape index (κ1) is 18.3. The van der Waals surface area contributed by atoms with Gasteiger partial charge in [0.1, 0.15) is 5.60 Å². The van der Waals surface area contributed by atoms with E-state index in [-0.39, 0.29) is 15.7 Å². The normalized spacial score (nSPS) is 13.0. The maximum Gasteiger partial charge on any atom is 0.413 e. The lowest BCUT2D eigenvalue weighted by molar-refractivity contribution is -0.138. The van der Waals surface area contributed by atoms with Crippen LogP contribution in [0.5, 0.6) is 0 Å². The zero-order valence-corrected chi connectivity index (χ0v) is 13.5. The van der Waals surface area contributed by atoms with E-state index < -0.39 is 36.4 Å². The number of carboxylic acids is 1. The molecule has 0 radical (unpaired) electrons. The van der Waals surface area contributed by atoms with E-state index in [1.807, 2.05) is 0 Å². The van der Waals surface area contributed by atoms with Gasteiger partial charge in [0.2, 0.25) is 6.43 Å². The third-order valence-electron chi connectivity index (χ3n) is 2.48. The van der Waals surface area contributed by atoms with Crippen LogP contribution in [0.15, 0.2) is 0 Å². The molecule has 0 fully saturated rings. The van der Waals surface area contributed by atoms with Crippen LogP contribution in [0.2, 0.25) is 0 Å². The van der Waals surface area contributed by atoms with Gasteiger partial charge in [-0.25, -0.2) is 18.6 Å². The largest absolute Gasteiger partial charge is 0.481 e. The molecule has 1 aromatic rings. The lowest BCUT2D eigenvalue weighted by Gasteiger charge is -2.18. The first-order chi connectivity index (χ1) is 9.99. The average Bonchev–Trinajstić information content (AvgIpc) is 2.63. The summed E-state index contributed by atoms with van der Waals surface area (Å²) in [5, 5.41) is 11.2. The molecule has 1 aromatic heterocycles. The van der Waals surface area contributed by atoms with E-state index in [1.165, 1.54) is 6.92 Å². The molecule has 6 nitrogen and oxygen atoms in total. The Kier molecular flexibility index (Phi) is 5.81. The molecule has 1 atom stereocenters. The van der Waals surface area contributed by atoms with E-state index in [4.69, 9.17) is 9.84 Å². The molecule has 1 heterocycles. The van der Waals surface area contributed by atoms with Crippen molar-refractivity contribution in [1.29, 1.82) is 0 Å². The van der Waals surface area contributed by atoms with Crippen LogP contribution in [-0.2, 0) is 9.53 Å². The number of amides is 1. The zero-order valence-electron chi connectivity index (χ0n) is 12.6. The predicted octanol–water partition coefficient (Wildman–Crippen LogP) is 3.62. The van der Waals surface area contributed by atoms with E-state index in [1.54, 1.807) is 20.8 Å². The summed E-state index contributed by atoms with van der Waals surface area (Å²) in [6.45, 7) is 6.55. The number of carbonyl (C=O) groups excluding carboxylic acids is 1. The number of aliphatic carboxylic acids is 1. The van der Waals surface area contributed by atoms with Crippen molar-refractivity contribution in [3.05, 3.63) is 10.6 Å². The molecule has 0 aromatic carbocycles. The third-order valence-corrected chi connectivity index (χ3v) is 3.68. The molecule has 2 N–H and O–H groups in total. The topological polar surface area (TPSA) is 88.5 Å². The van der Waals surface area contributed by atoms with Gasteiger partial charge in [-0.1, -0.05) is 0 Å². The second-order valence-electron chi connectivity index (χ2n) is 5.63. The van der Waals surface area contributed by atoms with Crippen LogP contribution in [0.1, 0.15) is 43.7 Å². The van der Waals surface area contributed by atoms with Crippen molar-refractivity contribution < 1.29 is 28.2 Å². The summed E-state index contributed by atoms with van der Waals surface area (Å²) in [6, 6.07) is 0. The molecular formula is C13H18F2N2O4S. The minimum Gasteiger partial charge on any atom is -0.481 e. The Morgan fingerprint density at radius 3 is 2.45 bits per heavy atom. The van der Waals surface area contributed by atoms with Gasteiger partial charge in [-0.05, 0) is 27.7 Å². The second-order valence-corrected chi connectivity index (χ2v) is 6.67. The van der Waals surface area contributed by atoms with Crippen LogP contribution in [0.25, 0.3) is 0 Å². The summed E-state index contributed by atoms with van der Waals surface area (Å²) in [5.41, 5.74) is -0.434. The van der Waals surface area contributed by atoms with Crippen molar-refractivity contribution in [3.63, 3.8) is 0 Å². The molecular weight excluding hydrogens is 318 g/mol. The number of rotatable bonds is 5. The summed E-state index contributed by atoms with van der Waals surface area (Å²) in [7, 11) is 0. The number of ether oxygens (including phenoxy) is 1. The number of carboxylic acid groups (broad SMARTS) is 1. The molecule has 1 amide bonds. The first-order valence-electron chi connectivity index (χ1n) is 6.47. The van der Waals surface area contributed by atoms with Crippen molar-refractivity contribution in [2.24, 2.45) is 0 Å². The van der Waals surface area contributed by atoms with E-state index in [2.05, 4.69) is 10.3 Å². The summed E-state index contributed by atoms with van der Waals surface area (Å²) in [4.78, 5) is 26.4. The molecule has 0 aliphatic rings. The number of anilines is 1. The van der Waals surface area contributed by atoms with Crippen LogP contribution in [-0.4, -0.2) is 34.2 Å². The summed E-state index contributed by atoms with van der Waals surface area (Å²) in [6.07, 6.45) is -4.28. The van der Waals surface area contributed by atoms with E-state index in [9.17, 15) is 18.4 Å². The van der Waals surface area contributed by atoms with E-state index >= 15 is 0 Å². The number of alkyl halides is 2. The maximum atomic E-state index is 13.0. The Morgan fingerprint density at radius 2 is 2.00 bits per heavy atom. The van der Waals surface area contributed by atoms with Crippen molar-refractivity contribution >= 4 is 28.5 Å². The maximum absolute atomic E-state index is 13.0. The van der Waals surface area contributed by atoms with Crippen LogP contribution < -0.4 is 5.32 Å². The van der Waals surface area contributed by atoms with Gasteiger partial charge in [0, 0.05) is 4.88 Å². The smallest absolute Gasteiger partial charge is 0.413 e. The van der Waals surface area contributed by atoms with Gasteiger partial charge in [0.25, 0.3) is 0 Å². The fourth-order valence-corrected chi connectivity index (χ4v) is 2.74. The Bertz CT molecular complexity index is 555. The highest BCUT2D eigenvalue weighted by Crippen LogP contribution is 2.35. The fraction of sp³-hybridized carbons (Fsp3) is 0.615. The van der Waals surface area contributed by atoms with Crippen LogP contribution in [0.3, 0.4) is 0 Å². The molecule has 0 aliphatic heterocycles. The molecule has 0 aliphatic carbocycles. The van der Waals surface area contributed by atoms with Gasteiger partial charge in [-0.3, -0.25) is 10.1 Å². The zero-order chi connectivity index (χ0) is 17.1. The number of hydrogen-bond acceptors (Lipinski definition) is 5. The van der Waals surface area contributed by atoms with Crippen molar-refractivity contribution in [2.75, 3.05) is 5.32 Å². The number of carbonyl (C=O) groups is 2. The van der Waals surface area contributed by atoms with Gasteiger partial charge >= 0.3 is 12.1 Å². The molecule has 0 bridgehead atoms. The minimum absolute atomic E-state index is 0.0952. The molecule has 22 heavy (non-hydrogen) atoms. The van der Waals surface area contributed by atoms with Crippen molar-refractivity contribution in [1.82, 2.24) is 4.98 Å². The highest BCUT2D eigenvalue weighted by Gasteiger charge is 2.30. The lowest BCUT2D eigenvalue weighted by atomic mass is 10.0. The number of thiazole rings is 1. The highest BCUT2D eigenvalue weighted by molar-refractivity contribution is 7.16. The van der Waals surface area contributed by atoms with Crippen molar-refractivity contribution in [3.8, 4) is 0 Å². The van der Waals surface area contributed by atoms with E-state index in [0.29, 0.717) is 0 Å². The molecule has 1 unspecified atom stereocenters. The average molecular weight is 336 g/mol. The van der Waals surface area contributed by atoms with Crippen LogP contribution >= 0.6 is 11.3 Å². The van der Waals surface area contributed by atoms with Gasteiger partial charge in [-0.2, -0.15) is 0 Å². The Balaban J connectivity index is 2.90. The Morgan fingerprint density at radius 1 is 1.41 bits per heavy atom. The standard InChI is InChI=1S/C13H18F2N2O4S/c1-6-9(7(10(14)15)5-8(18)19)22-11(16-6)17-12(20)21-13(2,3)4/h7,10H,5H2,1-4H3,(H,18,19)(H,16,17,20). The number of nitrogens with one attached hydrogen (secondary N) is 1. The fourth-order valence-electron chi connectivity index (χ4n) is 1.68. The Labute approximate surface area is 130 Å². The Hall–Kier alpha value is -1.77. The monoisotopic (exact) mass is 336 g/mol. The predicted molar refractivity (Wildman–Crippen MR) is 77.7 cm³/mol. The number of hydrogen-bond donors (Lipinski definition) is 2. The third kappa shape index (κ3) is 5.55. The van der Waals surface area contributed by atoms with Gasteiger partial charge < -0.3 is 9.84 Å². The molecule has 1 rings (SSSR count). The number of nitrogens with zero attached hydrogens (tertiary/aromatic N) is 1. The minimum atomic E-state index is -2.83. The molecule has 0 spiro atoms. The first-order valence-corrected chi connectivity index (χ1v) is 7.28. The molecule has 9 heteroatoms.